The number of carbonyl (C=O) groups is 5. The van der Waals surface area contributed by atoms with Gasteiger partial charge >= 0.3 is 23.9 Å². The number of morpholine rings is 1. The first-order valence-corrected chi connectivity index (χ1v) is 21.8. The molecule has 1 aromatic heterocycles. The fraction of sp³-hybridized carbons (Fsp3) is 0.275. The summed E-state index contributed by atoms with van der Waals surface area (Å²) in [4.78, 5) is 76.0. The van der Waals surface area contributed by atoms with Gasteiger partial charge in [-0.05, 0) is 70.6 Å². The van der Waals surface area contributed by atoms with Gasteiger partial charge in [0.25, 0.3) is 0 Å². The lowest BCUT2D eigenvalue weighted by atomic mass is 9.65. The smallest absolute Gasteiger partial charge is 0.329 e. The molecule has 0 aliphatic carbocycles. The van der Waals surface area contributed by atoms with E-state index in [4.69, 9.17) is 14.2 Å². The monoisotopic (exact) mass is 902 g/mol. The number of para-hydroxylation sites is 1. The van der Waals surface area contributed by atoms with Crippen LogP contribution in [0.3, 0.4) is 0 Å². The molecule has 2 fully saturated rings. The van der Waals surface area contributed by atoms with Crippen molar-refractivity contribution in [3.8, 4) is 17.6 Å². The predicted molar refractivity (Wildman–Crippen MR) is 242 cm³/mol. The van der Waals surface area contributed by atoms with Crippen molar-refractivity contribution in [3.05, 3.63) is 155 Å². The van der Waals surface area contributed by atoms with Crippen LogP contribution in [0.1, 0.15) is 59.9 Å². The molecule has 16 nitrogen and oxygen atoms in total. The van der Waals surface area contributed by atoms with Gasteiger partial charge < -0.3 is 29.7 Å². The highest BCUT2D eigenvalue weighted by Gasteiger charge is 2.76. The highest BCUT2D eigenvalue weighted by molar-refractivity contribution is 6.24. The maximum absolute atomic E-state index is 16.2. The van der Waals surface area contributed by atoms with Crippen LogP contribution >= 0.6 is 0 Å². The molecule has 0 unspecified atom stereocenters. The van der Waals surface area contributed by atoms with E-state index >= 15 is 4.79 Å². The summed E-state index contributed by atoms with van der Waals surface area (Å²) in [6.45, 7) is 3.29. The fourth-order valence-electron chi connectivity index (χ4n) is 9.95. The van der Waals surface area contributed by atoms with Crippen molar-refractivity contribution >= 4 is 46.6 Å². The zero-order valence-electron chi connectivity index (χ0n) is 36.7. The number of aliphatic hydroxyl groups is 1. The Hall–Kier alpha value is -7.87. The Morgan fingerprint density at radius 3 is 2.22 bits per heavy atom. The summed E-state index contributed by atoms with van der Waals surface area (Å²) < 4.78 is 18.8. The van der Waals surface area contributed by atoms with E-state index in [2.05, 4.69) is 27.5 Å². The van der Waals surface area contributed by atoms with Gasteiger partial charge in [0, 0.05) is 5.56 Å². The van der Waals surface area contributed by atoms with Crippen LogP contribution in [0.5, 0.6) is 5.75 Å². The quantitative estimate of drug-likeness (QED) is 0.109. The molecule has 6 aromatic rings. The standard InChI is InChI=1S/C51H46N6O10/c1-30(2)41(47(61)65-3)52-50(64)56-38-25-20-31(13-12-26-55-39-19-11-10-18-37(39)53-54-55)29-36(38)51(49(56)63)40(46(59)60)43-48(62)67-44(33-16-8-5-9-17-33)42(32-14-6-4-7-15-32)57(43)45(51)34-21-23-35(24-22-34)66-28-27-58/h4-11,14-25,29-30,40-45,58H,26-28H2,1-3H3,(H,52,64)(H,59,60)/t40-,41+,42-,43-,44+,45+,51-/m1/s1. The minimum absolute atomic E-state index is 0.00149. The topological polar surface area (TPSA) is 203 Å². The number of anilines is 1. The van der Waals surface area contributed by atoms with Crippen molar-refractivity contribution in [2.45, 2.75) is 56.1 Å². The van der Waals surface area contributed by atoms with Crippen molar-refractivity contribution < 1.29 is 48.4 Å². The third kappa shape index (κ3) is 7.61. The number of carboxylic acids is 1. The number of amides is 3. The first kappa shape index (κ1) is 44.3. The summed E-state index contributed by atoms with van der Waals surface area (Å²) >= 11 is 0. The van der Waals surface area contributed by atoms with Gasteiger partial charge in [-0.25, -0.2) is 19.2 Å². The molecule has 0 radical (unpaired) electrons. The molecule has 67 heavy (non-hydrogen) atoms. The Bertz CT molecular complexity index is 2930. The Morgan fingerprint density at radius 2 is 1.55 bits per heavy atom. The van der Waals surface area contributed by atoms with E-state index in [9.17, 15) is 29.4 Å². The van der Waals surface area contributed by atoms with Crippen LogP contribution in [-0.2, 0) is 40.6 Å². The van der Waals surface area contributed by atoms with Crippen LogP contribution in [0.15, 0.2) is 127 Å². The first-order chi connectivity index (χ1) is 32.5. The number of nitrogens with zero attached hydrogens (tertiary/aromatic N) is 5. The van der Waals surface area contributed by atoms with E-state index in [-0.39, 0.29) is 31.0 Å². The Kier molecular flexibility index (Phi) is 12.0. The average molecular weight is 903 g/mol. The minimum atomic E-state index is -2.24. The number of nitrogens with one attached hydrogen (secondary N) is 1. The summed E-state index contributed by atoms with van der Waals surface area (Å²) in [5.74, 6) is 0.246. The number of urea groups is 1. The number of ether oxygens (including phenoxy) is 3. The average Bonchev–Trinajstić information content (AvgIpc) is 3.99. The zero-order chi connectivity index (χ0) is 47.0. The lowest BCUT2D eigenvalue weighted by molar-refractivity contribution is -0.179. The lowest BCUT2D eigenvalue weighted by Crippen LogP contribution is -2.56. The summed E-state index contributed by atoms with van der Waals surface area (Å²) in [7, 11) is 1.19. The lowest BCUT2D eigenvalue weighted by Gasteiger charge is -2.46. The zero-order valence-corrected chi connectivity index (χ0v) is 36.7. The van der Waals surface area contributed by atoms with E-state index in [1.54, 1.807) is 59.8 Å². The number of hydrogen-bond acceptors (Lipinski definition) is 12. The van der Waals surface area contributed by atoms with Crippen LogP contribution in [0.2, 0.25) is 0 Å². The molecule has 3 aliphatic heterocycles. The summed E-state index contributed by atoms with van der Waals surface area (Å²) in [6, 6.07) is 31.1. The molecule has 3 amide bonds. The van der Waals surface area contributed by atoms with Gasteiger partial charge in [-0.2, -0.15) is 0 Å². The first-order valence-electron chi connectivity index (χ1n) is 21.8. The molecular weight excluding hydrogens is 857 g/mol. The Morgan fingerprint density at radius 1 is 0.866 bits per heavy atom. The fourth-order valence-corrected chi connectivity index (χ4v) is 9.95. The van der Waals surface area contributed by atoms with Crippen molar-refractivity contribution in [1.82, 2.24) is 25.2 Å². The van der Waals surface area contributed by atoms with E-state index < -0.39 is 77.4 Å². The Balaban J connectivity index is 1.30. The van der Waals surface area contributed by atoms with Gasteiger partial charge in [-0.1, -0.05) is 116 Å². The molecule has 3 N–H and O–H groups in total. The maximum atomic E-state index is 16.2. The summed E-state index contributed by atoms with van der Waals surface area (Å²) in [5.41, 5.74) is 1.44. The second kappa shape index (κ2) is 18.2. The third-order valence-electron chi connectivity index (χ3n) is 12.8. The number of aromatic nitrogens is 3. The van der Waals surface area contributed by atoms with Crippen molar-refractivity contribution in [2.24, 2.45) is 11.8 Å². The minimum Gasteiger partial charge on any atom is -0.491 e. The number of cyclic esters (lactones) is 1. The highest BCUT2D eigenvalue weighted by Crippen LogP contribution is 2.66. The molecule has 340 valence electrons. The second-order valence-electron chi connectivity index (χ2n) is 16.8. The summed E-state index contributed by atoms with van der Waals surface area (Å²) in [6.07, 6.45) is -0.987. The van der Waals surface area contributed by atoms with Crippen LogP contribution < -0.4 is 15.0 Å². The number of aliphatic hydroxyl groups excluding tert-OH is 1. The number of aliphatic carboxylic acids is 1. The van der Waals surface area contributed by atoms with Gasteiger partial charge in [0.15, 0.2) is 0 Å². The van der Waals surface area contributed by atoms with Gasteiger partial charge in [0.05, 0.1) is 37.0 Å². The van der Waals surface area contributed by atoms with E-state index in [0.717, 1.165) is 10.4 Å². The van der Waals surface area contributed by atoms with Crippen LogP contribution in [-0.4, -0.2) is 92.4 Å². The third-order valence-corrected chi connectivity index (χ3v) is 12.8. The van der Waals surface area contributed by atoms with E-state index in [1.807, 2.05) is 84.9 Å². The van der Waals surface area contributed by atoms with Crippen molar-refractivity contribution in [3.63, 3.8) is 0 Å². The van der Waals surface area contributed by atoms with Crippen molar-refractivity contribution in [1.29, 1.82) is 0 Å². The van der Waals surface area contributed by atoms with Gasteiger partial charge in [0.1, 0.15) is 53.9 Å². The number of esters is 2. The molecular formula is C51H46N6O10. The predicted octanol–water partition coefficient (Wildman–Crippen LogP) is 5.51. The van der Waals surface area contributed by atoms with E-state index in [1.165, 1.54) is 13.2 Å². The number of rotatable bonds is 11. The normalized spacial score (nSPS) is 22.4. The number of fused-ring (bicyclic) bond motifs is 4. The molecule has 2 saturated heterocycles. The second-order valence-corrected chi connectivity index (χ2v) is 16.8. The number of carbonyl (C=O) groups excluding carboxylic acids is 4. The number of hydrogen-bond donors (Lipinski definition) is 3. The molecule has 0 bridgehead atoms. The number of methoxy groups -OCH3 is 1. The molecule has 16 heteroatoms. The number of carboxylic acid groups (broad SMARTS) is 1. The molecule has 4 heterocycles. The van der Waals surface area contributed by atoms with E-state index in [0.29, 0.717) is 33.5 Å². The molecule has 5 aromatic carbocycles. The molecule has 7 atom stereocenters. The van der Waals surface area contributed by atoms with Gasteiger partial charge in [-0.15, -0.1) is 5.10 Å². The molecule has 0 saturated carbocycles. The van der Waals surface area contributed by atoms with Gasteiger partial charge in [0.2, 0.25) is 5.91 Å². The van der Waals surface area contributed by atoms with Crippen LogP contribution in [0.4, 0.5) is 10.5 Å². The number of benzene rings is 5. The highest BCUT2D eigenvalue weighted by atomic mass is 16.6. The summed E-state index contributed by atoms with van der Waals surface area (Å²) in [5, 5.41) is 32.3. The Labute approximate surface area is 385 Å². The SMILES string of the molecule is COC(=O)[C@@H](NC(=O)N1C(=O)[C@@]2(c3cc(C#CCn4nnc5ccccc54)ccc31)[C@H](c1ccc(OCCO)cc1)N1[C@H](c3ccccc3)[C@H](c3ccccc3)OC(=O)[C@H]1[C@@H]2C(=O)O)C(C)C. The van der Waals surface area contributed by atoms with Crippen molar-refractivity contribution in [2.75, 3.05) is 25.2 Å². The molecule has 1 spiro atoms. The maximum Gasteiger partial charge on any atom is 0.329 e. The van der Waals surface area contributed by atoms with Crippen LogP contribution in [0, 0.1) is 23.7 Å². The molecule has 3 aliphatic rings. The van der Waals surface area contributed by atoms with Crippen LogP contribution in [0.25, 0.3) is 11.0 Å². The largest absolute Gasteiger partial charge is 0.491 e. The molecule has 9 rings (SSSR count). The van der Waals surface area contributed by atoms with Gasteiger partial charge in [-0.3, -0.25) is 19.3 Å². The number of imide groups is 1.